The summed E-state index contributed by atoms with van der Waals surface area (Å²) >= 11 is 0. The first-order chi connectivity index (χ1) is 24.1. The molecule has 3 aliphatic heterocycles. The van der Waals surface area contributed by atoms with Gasteiger partial charge in [-0.15, -0.1) is 0 Å². The van der Waals surface area contributed by atoms with Gasteiger partial charge in [0, 0.05) is 74.7 Å². The summed E-state index contributed by atoms with van der Waals surface area (Å²) in [6.07, 6.45) is -1.38. The van der Waals surface area contributed by atoms with Crippen LogP contribution in [-0.4, -0.2) is 108 Å². The number of benzene rings is 2. The molecule has 1 atom stereocenters. The SMILES string of the molecule is Cc1c(CN2CCC3(CC2)CN(c2ncnc4ccc(CC(F)(F)F)c(F)c24)C3)ccc2c1cc(C#N)n2C[C@H](C)N1CCN(S(C)(=O)=O)CC1. The van der Waals surface area contributed by atoms with Crippen molar-refractivity contribution >= 4 is 37.6 Å². The van der Waals surface area contributed by atoms with Crippen molar-refractivity contribution in [2.75, 3.05) is 63.5 Å². The summed E-state index contributed by atoms with van der Waals surface area (Å²) in [5.41, 5.74) is 3.91. The highest BCUT2D eigenvalue weighted by molar-refractivity contribution is 7.88. The number of hydrogen-bond acceptors (Lipinski definition) is 8. The van der Waals surface area contributed by atoms with Gasteiger partial charge in [-0.1, -0.05) is 12.1 Å². The van der Waals surface area contributed by atoms with Crippen molar-refractivity contribution in [1.29, 1.82) is 5.26 Å². The van der Waals surface area contributed by atoms with E-state index in [2.05, 4.69) is 56.4 Å². The zero-order valence-corrected chi connectivity index (χ0v) is 29.9. The maximum absolute atomic E-state index is 15.4. The first kappa shape index (κ1) is 35.6. The van der Waals surface area contributed by atoms with E-state index >= 15 is 4.39 Å². The fraction of sp³-hybridized carbons (Fsp3) is 0.528. The highest BCUT2D eigenvalue weighted by atomic mass is 32.2. The van der Waals surface area contributed by atoms with Gasteiger partial charge in [-0.2, -0.15) is 22.7 Å². The summed E-state index contributed by atoms with van der Waals surface area (Å²) in [4.78, 5) is 15.1. The Kier molecular flexibility index (Phi) is 9.27. The molecule has 7 rings (SSSR count). The average molecular weight is 727 g/mol. The third kappa shape index (κ3) is 7.03. The predicted octanol–water partition coefficient (Wildman–Crippen LogP) is 5.08. The number of hydrogen-bond donors (Lipinski definition) is 0. The van der Waals surface area contributed by atoms with Crippen molar-refractivity contribution < 1.29 is 26.0 Å². The van der Waals surface area contributed by atoms with Crippen LogP contribution in [0.4, 0.5) is 23.4 Å². The van der Waals surface area contributed by atoms with Gasteiger partial charge in [0.05, 0.1) is 23.6 Å². The zero-order chi connectivity index (χ0) is 36.3. The maximum Gasteiger partial charge on any atom is 0.393 e. The van der Waals surface area contributed by atoms with Gasteiger partial charge in [-0.3, -0.25) is 9.80 Å². The van der Waals surface area contributed by atoms with Crippen LogP contribution in [0.25, 0.3) is 21.8 Å². The van der Waals surface area contributed by atoms with E-state index in [1.54, 1.807) is 0 Å². The van der Waals surface area contributed by atoms with Crippen LogP contribution in [0.1, 0.15) is 42.1 Å². The topological polar surface area (TPSA) is 102 Å². The summed E-state index contributed by atoms with van der Waals surface area (Å²) < 4.78 is 82.1. The van der Waals surface area contributed by atoms with E-state index in [1.807, 2.05) is 11.0 Å². The van der Waals surface area contributed by atoms with Crippen LogP contribution in [0, 0.1) is 29.5 Å². The summed E-state index contributed by atoms with van der Waals surface area (Å²) in [6, 6.07) is 11.3. The lowest BCUT2D eigenvalue weighted by molar-refractivity contribution is -0.127. The lowest BCUT2D eigenvalue weighted by Gasteiger charge is -2.54. The van der Waals surface area contributed by atoms with E-state index in [1.165, 1.54) is 28.5 Å². The molecule has 3 saturated heterocycles. The van der Waals surface area contributed by atoms with E-state index < -0.39 is 34.0 Å². The second-order valence-electron chi connectivity index (χ2n) is 14.6. The molecular formula is C36H42F4N8O2S. The zero-order valence-electron chi connectivity index (χ0n) is 29.0. The Morgan fingerprint density at radius 1 is 1.00 bits per heavy atom. The number of nitriles is 1. The number of likely N-dealkylation sites (tertiary alicyclic amines) is 1. The molecule has 0 aliphatic carbocycles. The number of nitrogens with zero attached hydrogens (tertiary/aromatic N) is 8. The molecule has 0 saturated carbocycles. The fourth-order valence-corrected chi connectivity index (χ4v) is 9.05. The van der Waals surface area contributed by atoms with Crippen LogP contribution in [0.5, 0.6) is 0 Å². The van der Waals surface area contributed by atoms with Gasteiger partial charge in [0.15, 0.2) is 0 Å². The summed E-state index contributed by atoms with van der Waals surface area (Å²) in [5, 5.41) is 11.1. The number of fused-ring (bicyclic) bond motifs is 2. The molecule has 0 unspecified atom stereocenters. The molecule has 0 N–H and O–H groups in total. The summed E-state index contributed by atoms with van der Waals surface area (Å²) in [5.74, 6) is -0.550. The highest BCUT2D eigenvalue weighted by Gasteiger charge is 2.46. The van der Waals surface area contributed by atoms with E-state index in [0.29, 0.717) is 62.8 Å². The molecule has 5 heterocycles. The number of halogens is 4. The number of aryl methyl sites for hydroxylation is 1. The molecule has 0 amide bonds. The van der Waals surface area contributed by atoms with Gasteiger partial charge >= 0.3 is 6.18 Å². The largest absolute Gasteiger partial charge is 0.393 e. The number of piperazine rings is 1. The van der Waals surface area contributed by atoms with Crippen molar-refractivity contribution in [3.05, 3.63) is 64.9 Å². The molecule has 10 nitrogen and oxygen atoms in total. The molecule has 4 aromatic rings. The Labute approximate surface area is 295 Å². The van der Waals surface area contributed by atoms with Crippen molar-refractivity contribution in [2.24, 2.45) is 5.41 Å². The van der Waals surface area contributed by atoms with Gasteiger partial charge < -0.3 is 9.47 Å². The second kappa shape index (κ2) is 13.3. The number of aromatic nitrogens is 3. The van der Waals surface area contributed by atoms with Crippen LogP contribution in [0.15, 0.2) is 36.7 Å². The van der Waals surface area contributed by atoms with E-state index in [4.69, 9.17) is 0 Å². The Morgan fingerprint density at radius 3 is 2.33 bits per heavy atom. The molecule has 0 radical (unpaired) electrons. The van der Waals surface area contributed by atoms with Gasteiger partial charge in [0.25, 0.3) is 0 Å². The van der Waals surface area contributed by atoms with Crippen molar-refractivity contribution in [3.63, 3.8) is 0 Å². The van der Waals surface area contributed by atoms with Gasteiger partial charge in [0.2, 0.25) is 10.0 Å². The van der Waals surface area contributed by atoms with Crippen LogP contribution in [0.3, 0.4) is 0 Å². The molecule has 272 valence electrons. The number of piperidine rings is 1. The molecule has 1 spiro atoms. The summed E-state index contributed by atoms with van der Waals surface area (Å²) in [7, 11) is -3.20. The average Bonchev–Trinajstić information content (AvgIpc) is 3.43. The van der Waals surface area contributed by atoms with E-state index in [0.717, 1.165) is 55.0 Å². The first-order valence-electron chi connectivity index (χ1n) is 17.3. The van der Waals surface area contributed by atoms with Gasteiger partial charge in [-0.25, -0.2) is 22.8 Å². The fourth-order valence-electron chi connectivity index (χ4n) is 8.23. The monoisotopic (exact) mass is 726 g/mol. The van der Waals surface area contributed by atoms with Crippen molar-refractivity contribution in [1.82, 2.24) is 28.6 Å². The number of sulfonamides is 1. The van der Waals surface area contributed by atoms with Crippen LogP contribution in [0.2, 0.25) is 0 Å². The summed E-state index contributed by atoms with van der Waals surface area (Å²) in [6.45, 7) is 11.0. The quantitative estimate of drug-likeness (QED) is 0.232. The van der Waals surface area contributed by atoms with Gasteiger partial charge in [0.1, 0.15) is 29.7 Å². The molecule has 15 heteroatoms. The second-order valence-corrected chi connectivity index (χ2v) is 16.6. The lowest BCUT2D eigenvalue weighted by atomic mass is 9.72. The van der Waals surface area contributed by atoms with Crippen LogP contribution in [-0.2, 0) is 29.5 Å². The van der Waals surface area contributed by atoms with Crippen LogP contribution >= 0.6 is 0 Å². The molecule has 2 aromatic carbocycles. The highest BCUT2D eigenvalue weighted by Crippen LogP contribution is 2.44. The Balaban J connectivity index is 0.991. The normalized spacial score (nSPS) is 19.8. The third-order valence-electron chi connectivity index (χ3n) is 11.2. The molecule has 3 aliphatic rings. The van der Waals surface area contributed by atoms with Crippen molar-refractivity contribution in [2.45, 2.75) is 58.4 Å². The first-order valence-corrected chi connectivity index (χ1v) is 19.2. The minimum absolute atomic E-state index is 0.0415. The Bertz CT molecular complexity index is 2110. The van der Waals surface area contributed by atoms with Crippen LogP contribution < -0.4 is 4.90 Å². The Hall–Kier alpha value is -3.84. The minimum Gasteiger partial charge on any atom is -0.355 e. The number of anilines is 1. The molecular weight excluding hydrogens is 685 g/mol. The van der Waals surface area contributed by atoms with E-state index in [-0.39, 0.29) is 16.8 Å². The molecule has 0 bridgehead atoms. The molecule has 2 aromatic heterocycles. The van der Waals surface area contributed by atoms with Gasteiger partial charge in [-0.05, 0) is 74.7 Å². The van der Waals surface area contributed by atoms with E-state index in [9.17, 15) is 26.9 Å². The minimum atomic E-state index is -4.52. The third-order valence-corrected chi connectivity index (χ3v) is 12.6. The number of alkyl halides is 3. The van der Waals surface area contributed by atoms with Crippen molar-refractivity contribution in [3.8, 4) is 6.07 Å². The smallest absolute Gasteiger partial charge is 0.355 e. The standard InChI is InChI=1S/C36H42F4N8O2S/c1-24(45-12-14-47(15-13-45)51(3,49)50)19-48-28(18-41)16-29-25(2)27(5-7-31(29)48)20-44-10-8-35(9-11-44)21-46(22-35)34-32-30(42-23-43-34)6-4-26(33(32)37)17-36(38,39)40/h4-7,16,23-24H,8-15,17,19-22H2,1-3H3/t24-/m0/s1. The predicted molar refractivity (Wildman–Crippen MR) is 187 cm³/mol. The number of rotatable bonds is 8. The molecule has 51 heavy (non-hydrogen) atoms. The molecule has 3 fully saturated rings. The lowest BCUT2D eigenvalue weighted by Crippen LogP contribution is -2.60. The maximum atomic E-state index is 15.4. The Morgan fingerprint density at radius 2 is 1.69 bits per heavy atom.